The van der Waals surface area contributed by atoms with Gasteiger partial charge in [0.2, 0.25) is 5.91 Å². The molecule has 6 nitrogen and oxygen atoms in total. The van der Waals surface area contributed by atoms with Crippen LogP contribution in [0.15, 0.2) is 54.0 Å². The number of likely N-dealkylation sites (tertiary alicyclic amines) is 1. The fourth-order valence-electron chi connectivity index (χ4n) is 4.95. The van der Waals surface area contributed by atoms with Crippen LogP contribution in [0.3, 0.4) is 0 Å². The Kier molecular flexibility index (Phi) is 6.68. The van der Waals surface area contributed by atoms with Crippen molar-refractivity contribution in [2.75, 3.05) is 13.1 Å². The van der Waals surface area contributed by atoms with Gasteiger partial charge in [-0.15, -0.1) is 11.3 Å². The monoisotopic (exact) mass is 486 g/mol. The molecule has 1 saturated heterocycles. The van der Waals surface area contributed by atoms with Crippen LogP contribution in [0.5, 0.6) is 0 Å². The maximum absolute atomic E-state index is 12.9. The fraction of sp³-hybridized carbons (Fsp3) is 0.321. The Morgan fingerprint density at radius 2 is 1.86 bits per heavy atom. The number of aromatic nitrogens is 2. The molecule has 35 heavy (non-hydrogen) atoms. The molecule has 180 valence electrons. The van der Waals surface area contributed by atoms with E-state index in [1.54, 1.807) is 11.3 Å². The lowest BCUT2D eigenvalue weighted by molar-refractivity contribution is -0.131. The predicted octanol–water partition coefficient (Wildman–Crippen LogP) is 5.12. The van der Waals surface area contributed by atoms with Crippen LogP contribution < -0.4 is 5.32 Å². The molecule has 2 amide bonds. The Hall–Kier alpha value is -3.45. The highest BCUT2D eigenvalue weighted by Gasteiger charge is 2.26. The molecule has 0 saturated carbocycles. The van der Waals surface area contributed by atoms with Gasteiger partial charge in [0.15, 0.2) is 0 Å². The van der Waals surface area contributed by atoms with Crippen molar-refractivity contribution in [2.45, 2.75) is 45.6 Å². The van der Waals surface area contributed by atoms with Crippen LogP contribution in [-0.2, 0) is 17.8 Å². The predicted molar refractivity (Wildman–Crippen MR) is 140 cm³/mol. The zero-order chi connectivity index (χ0) is 24.4. The van der Waals surface area contributed by atoms with Crippen LogP contribution in [0, 0.1) is 13.8 Å². The van der Waals surface area contributed by atoms with E-state index < -0.39 is 0 Å². The summed E-state index contributed by atoms with van der Waals surface area (Å²) in [7, 11) is 0. The smallest absolute Gasteiger partial charge is 0.271 e. The van der Waals surface area contributed by atoms with Crippen molar-refractivity contribution in [3.8, 4) is 0 Å². The first-order chi connectivity index (χ1) is 17.0. The van der Waals surface area contributed by atoms with E-state index in [4.69, 9.17) is 0 Å². The van der Waals surface area contributed by atoms with Gasteiger partial charge in [-0.1, -0.05) is 47.5 Å². The second-order valence-electron chi connectivity index (χ2n) is 9.44. The van der Waals surface area contributed by atoms with Gasteiger partial charge >= 0.3 is 0 Å². The molecule has 2 N–H and O–H groups in total. The van der Waals surface area contributed by atoms with Gasteiger partial charge in [0.1, 0.15) is 5.69 Å². The zero-order valence-electron chi connectivity index (χ0n) is 20.1. The maximum atomic E-state index is 12.9. The van der Waals surface area contributed by atoms with Gasteiger partial charge in [-0.2, -0.15) is 0 Å². The van der Waals surface area contributed by atoms with Crippen LogP contribution in [0.1, 0.15) is 56.5 Å². The van der Waals surface area contributed by atoms with Crippen LogP contribution in [0.2, 0.25) is 0 Å². The van der Waals surface area contributed by atoms with Gasteiger partial charge in [-0.25, -0.2) is 4.98 Å². The minimum absolute atomic E-state index is 0.141. The number of carbonyl (C=O) groups excluding carboxylic acids is 2. The summed E-state index contributed by atoms with van der Waals surface area (Å²) < 4.78 is 0. The van der Waals surface area contributed by atoms with Gasteiger partial charge in [0, 0.05) is 48.0 Å². The molecule has 5 rings (SSSR count). The summed E-state index contributed by atoms with van der Waals surface area (Å²) in [6.45, 7) is 6.06. The fourth-order valence-corrected chi connectivity index (χ4v) is 5.92. The molecule has 2 aromatic heterocycles. The minimum atomic E-state index is -0.141. The summed E-state index contributed by atoms with van der Waals surface area (Å²) in [6.07, 6.45) is 4.10. The summed E-state index contributed by atoms with van der Waals surface area (Å²) in [5.74, 6) is 0.315. The number of nitrogens with one attached hydrogen (secondary N) is 2. The number of carbonyl (C=O) groups is 2. The molecule has 0 atom stereocenters. The Bertz CT molecular complexity index is 1340. The lowest BCUT2D eigenvalue weighted by Gasteiger charge is -2.31. The second-order valence-corrected chi connectivity index (χ2v) is 10.3. The standard InChI is InChI=1S/C28H30N4O2S/c1-18-11-19(2)13-20(12-18)15-30-27(34)25-17-35-28(31-25)21-7-9-32(10-8-21)26(33)14-22-16-29-24-6-4-3-5-23(22)24/h3-6,11-13,16-17,21,29H,7-10,14-15H2,1-2H3,(H,30,34). The highest BCUT2D eigenvalue weighted by molar-refractivity contribution is 7.09. The average molecular weight is 487 g/mol. The molecule has 0 radical (unpaired) electrons. The topological polar surface area (TPSA) is 78.1 Å². The number of aryl methyl sites for hydroxylation is 2. The zero-order valence-corrected chi connectivity index (χ0v) is 21.0. The van der Waals surface area contributed by atoms with Crippen molar-refractivity contribution < 1.29 is 9.59 Å². The Morgan fingerprint density at radius 1 is 1.11 bits per heavy atom. The molecule has 0 spiro atoms. The summed E-state index contributed by atoms with van der Waals surface area (Å²) in [5, 5.41) is 6.94. The Labute approximate surface area is 209 Å². The van der Waals surface area contributed by atoms with Gasteiger partial charge in [0.25, 0.3) is 5.91 Å². The number of thiazole rings is 1. The third-order valence-electron chi connectivity index (χ3n) is 6.70. The number of piperidine rings is 1. The van der Waals surface area contributed by atoms with Gasteiger partial charge < -0.3 is 15.2 Å². The number of hydrogen-bond donors (Lipinski definition) is 2. The Morgan fingerprint density at radius 3 is 2.63 bits per heavy atom. The first-order valence-corrected chi connectivity index (χ1v) is 13.0. The molecule has 1 aliphatic heterocycles. The van der Waals surface area contributed by atoms with Crippen molar-refractivity contribution in [2.24, 2.45) is 0 Å². The molecule has 0 aliphatic carbocycles. The first kappa shape index (κ1) is 23.3. The molecule has 4 aromatic rings. The van der Waals surface area contributed by atoms with E-state index in [0.717, 1.165) is 53.0 Å². The highest BCUT2D eigenvalue weighted by atomic mass is 32.1. The molecule has 3 heterocycles. The largest absolute Gasteiger partial charge is 0.361 e. The lowest BCUT2D eigenvalue weighted by atomic mass is 9.97. The van der Waals surface area contributed by atoms with Crippen LogP contribution >= 0.6 is 11.3 Å². The minimum Gasteiger partial charge on any atom is -0.361 e. The SMILES string of the molecule is Cc1cc(C)cc(CNC(=O)c2csc(C3CCN(C(=O)Cc4c[nH]c5ccccc45)CC3)n2)c1. The average Bonchev–Trinajstić information content (AvgIpc) is 3.50. The number of para-hydroxylation sites is 1. The number of H-pyrrole nitrogens is 1. The highest BCUT2D eigenvalue weighted by Crippen LogP contribution is 2.31. The second kappa shape index (κ2) is 10.0. The van der Waals surface area contributed by atoms with E-state index in [1.807, 2.05) is 34.7 Å². The summed E-state index contributed by atoms with van der Waals surface area (Å²) in [6, 6.07) is 14.4. The Balaban J connectivity index is 1.14. The quantitative estimate of drug-likeness (QED) is 0.397. The summed E-state index contributed by atoms with van der Waals surface area (Å²) >= 11 is 1.55. The van der Waals surface area contributed by atoms with Crippen molar-refractivity contribution in [3.05, 3.63) is 87.0 Å². The molecule has 0 bridgehead atoms. The molecule has 7 heteroatoms. The summed E-state index contributed by atoms with van der Waals surface area (Å²) in [5.41, 5.74) is 6.06. The van der Waals surface area contributed by atoms with E-state index >= 15 is 0 Å². The molecular weight excluding hydrogens is 456 g/mol. The number of hydrogen-bond acceptors (Lipinski definition) is 4. The van der Waals surface area contributed by atoms with Gasteiger partial charge in [-0.3, -0.25) is 9.59 Å². The van der Waals surface area contributed by atoms with Crippen LogP contribution in [0.4, 0.5) is 0 Å². The van der Waals surface area contributed by atoms with E-state index in [-0.39, 0.29) is 17.7 Å². The van der Waals surface area contributed by atoms with Crippen molar-refractivity contribution in [3.63, 3.8) is 0 Å². The number of amides is 2. The number of aromatic amines is 1. The van der Waals surface area contributed by atoms with E-state index in [0.29, 0.717) is 18.7 Å². The molecular formula is C28H30N4O2S. The first-order valence-electron chi connectivity index (χ1n) is 12.1. The molecule has 1 aliphatic rings. The van der Waals surface area contributed by atoms with E-state index in [1.165, 1.54) is 11.1 Å². The molecule has 1 fully saturated rings. The van der Waals surface area contributed by atoms with Gasteiger partial charge in [-0.05, 0) is 43.9 Å². The number of nitrogens with zero attached hydrogens (tertiary/aromatic N) is 2. The van der Waals surface area contributed by atoms with Crippen molar-refractivity contribution in [1.82, 2.24) is 20.2 Å². The van der Waals surface area contributed by atoms with Crippen molar-refractivity contribution >= 4 is 34.1 Å². The summed E-state index contributed by atoms with van der Waals surface area (Å²) in [4.78, 5) is 35.4. The van der Waals surface area contributed by atoms with E-state index in [9.17, 15) is 9.59 Å². The number of rotatable bonds is 6. The van der Waals surface area contributed by atoms with Crippen LogP contribution in [0.25, 0.3) is 10.9 Å². The van der Waals surface area contributed by atoms with E-state index in [2.05, 4.69) is 53.4 Å². The third kappa shape index (κ3) is 5.30. The number of benzene rings is 2. The third-order valence-corrected chi connectivity index (χ3v) is 7.71. The number of fused-ring (bicyclic) bond motifs is 1. The van der Waals surface area contributed by atoms with Gasteiger partial charge in [0.05, 0.1) is 11.4 Å². The normalized spacial score (nSPS) is 14.4. The van der Waals surface area contributed by atoms with Crippen LogP contribution in [-0.4, -0.2) is 39.8 Å². The maximum Gasteiger partial charge on any atom is 0.271 e. The lowest BCUT2D eigenvalue weighted by Crippen LogP contribution is -2.38. The molecule has 0 unspecified atom stereocenters. The van der Waals surface area contributed by atoms with Crippen molar-refractivity contribution in [1.29, 1.82) is 0 Å². The molecule has 2 aromatic carbocycles.